The predicted octanol–water partition coefficient (Wildman–Crippen LogP) is 5.74. The van der Waals surface area contributed by atoms with Crippen LogP contribution in [0.3, 0.4) is 0 Å². The van der Waals surface area contributed by atoms with E-state index in [4.69, 9.17) is 4.74 Å². The number of carbonyl (C=O) groups is 3. The summed E-state index contributed by atoms with van der Waals surface area (Å²) in [5, 5.41) is 5.54. The summed E-state index contributed by atoms with van der Waals surface area (Å²) >= 11 is 0. The van der Waals surface area contributed by atoms with Crippen molar-refractivity contribution < 1.29 is 32.3 Å². The molecule has 1 aliphatic carbocycles. The minimum Gasteiger partial charge on any atom is -0.444 e. The fraction of sp³-hybridized carbons (Fsp3) is 0.457. The van der Waals surface area contributed by atoms with Crippen LogP contribution in [0.15, 0.2) is 54.9 Å². The third-order valence-corrected chi connectivity index (χ3v) is 8.85. The fourth-order valence-electron chi connectivity index (χ4n) is 6.21. The quantitative estimate of drug-likeness (QED) is 0.316. The van der Waals surface area contributed by atoms with Crippen molar-refractivity contribution in [1.82, 2.24) is 25.5 Å². The molecule has 3 fully saturated rings. The third kappa shape index (κ3) is 7.39. The second kappa shape index (κ2) is 12.4. The van der Waals surface area contributed by atoms with Gasteiger partial charge in [-0.25, -0.2) is 9.78 Å². The number of amides is 3. The summed E-state index contributed by atoms with van der Waals surface area (Å²) < 4.78 is 46.1. The van der Waals surface area contributed by atoms with E-state index < -0.39 is 35.4 Å². The molecule has 6 rings (SSSR count). The smallest absolute Gasteiger partial charge is 0.416 e. The number of carbonyl (C=O) groups excluding carboxylic acids is 3. The maximum absolute atomic E-state index is 13.6. The molecule has 0 unspecified atom stereocenters. The summed E-state index contributed by atoms with van der Waals surface area (Å²) in [7, 11) is 0. The molecule has 10 nitrogen and oxygen atoms in total. The number of likely N-dealkylation sites (tertiary alicyclic amines) is 1. The minimum absolute atomic E-state index is 0.0341. The third-order valence-electron chi connectivity index (χ3n) is 8.85. The van der Waals surface area contributed by atoms with Gasteiger partial charge in [0.15, 0.2) is 0 Å². The highest BCUT2D eigenvalue weighted by molar-refractivity contribution is 5.92. The molecule has 0 bridgehead atoms. The van der Waals surface area contributed by atoms with Crippen molar-refractivity contribution in [1.29, 1.82) is 0 Å². The van der Waals surface area contributed by atoms with Crippen molar-refractivity contribution in [3.8, 4) is 11.1 Å². The molecule has 0 radical (unpaired) electrons. The van der Waals surface area contributed by atoms with Crippen molar-refractivity contribution in [2.75, 3.05) is 31.1 Å². The van der Waals surface area contributed by atoms with Gasteiger partial charge in [0.1, 0.15) is 17.1 Å². The van der Waals surface area contributed by atoms with Crippen LogP contribution in [-0.2, 0) is 22.3 Å². The lowest BCUT2D eigenvalue weighted by molar-refractivity contribution is -0.146. The van der Waals surface area contributed by atoms with Gasteiger partial charge in [-0.3, -0.25) is 14.6 Å². The zero-order valence-corrected chi connectivity index (χ0v) is 27.4. The molecule has 3 aromatic rings. The predicted molar refractivity (Wildman–Crippen MR) is 172 cm³/mol. The van der Waals surface area contributed by atoms with Gasteiger partial charge >= 0.3 is 12.3 Å². The van der Waals surface area contributed by atoms with E-state index in [9.17, 15) is 27.6 Å². The lowest BCUT2D eigenvalue weighted by Crippen LogP contribution is -2.73. The molecule has 254 valence electrons. The maximum Gasteiger partial charge on any atom is 0.416 e. The summed E-state index contributed by atoms with van der Waals surface area (Å²) in [5.41, 5.74) is 0.774. The van der Waals surface area contributed by atoms with E-state index in [1.807, 2.05) is 4.90 Å². The van der Waals surface area contributed by atoms with E-state index in [1.54, 1.807) is 58.2 Å². The number of benzene rings is 2. The first kappa shape index (κ1) is 33.2. The van der Waals surface area contributed by atoms with Gasteiger partial charge in [0, 0.05) is 44.1 Å². The number of rotatable bonds is 8. The Balaban J connectivity index is 1.08. The molecular formula is C35H39F3N6O4. The van der Waals surface area contributed by atoms with Crippen LogP contribution in [0.1, 0.15) is 73.8 Å². The number of alkyl halides is 3. The molecule has 1 saturated carbocycles. The lowest BCUT2D eigenvalue weighted by Gasteiger charge is -2.60. The van der Waals surface area contributed by atoms with E-state index in [1.165, 1.54) is 12.3 Å². The number of halogens is 3. The molecule has 1 aromatic heterocycles. The molecule has 2 saturated heterocycles. The number of nitrogens with zero attached hydrogens (tertiary/aromatic N) is 4. The van der Waals surface area contributed by atoms with E-state index in [0.29, 0.717) is 22.5 Å². The van der Waals surface area contributed by atoms with Crippen LogP contribution in [0.5, 0.6) is 0 Å². The highest BCUT2D eigenvalue weighted by atomic mass is 19.4. The molecule has 3 heterocycles. The van der Waals surface area contributed by atoms with Crippen molar-refractivity contribution in [3.05, 3.63) is 77.2 Å². The van der Waals surface area contributed by atoms with Crippen molar-refractivity contribution >= 4 is 23.7 Å². The highest BCUT2D eigenvalue weighted by Crippen LogP contribution is 2.44. The van der Waals surface area contributed by atoms with Gasteiger partial charge in [0.2, 0.25) is 5.91 Å². The van der Waals surface area contributed by atoms with Gasteiger partial charge in [-0.15, -0.1) is 0 Å². The van der Waals surface area contributed by atoms with Crippen LogP contribution < -0.4 is 15.5 Å². The van der Waals surface area contributed by atoms with Crippen molar-refractivity contribution in [2.24, 2.45) is 11.3 Å². The first-order valence-electron chi connectivity index (χ1n) is 16.0. The Morgan fingerprint density at radius 2 is 1.69 bits per heavy atom. The van der Waals surface area contributed by atoms with Gasteiger partial charge in [0.25, 0.3) is 5.91 Å². The molecule has 2 aliphatic heterocycles. The summed E-state index contributed by atoms with van der Waals surface area (Å²) in [5.74, 6) is 0.696. The second-order valence-electron chi connectivity index (χ2n) is 14.1. The maximum atomic E-state index is 13.6. The molecule has 13 heteroatoms. The second-order valence-corrected chi connectivity index (χ2v) is 14.1. The Kier molecular flexibility index (Phi) is 8.59. The van der Waals surface area contributed by atoms with E-state index in [0.717, 1.165) is 56.7 Å². The van der Waals surface area contributed by atoms with Crippen LogP contribution in [0, 0.1) is 11.3 Å². The topological polar surface area (TPSA) is 117 Å². The minimum atomic E-state index is -4.55. The van der Waals surface area contributed by atoms with Gasteiger partial charge in [-0.1, -0.05) is 30.3 Å². The summed E-state index contributed by atoms with van der Waals surface area (Å²) in [6, 6.07) is 9.80. The first-order valence-corrected chi connectivity index (χ1v) is 16.0. The molecule has 3 aliphatic rings. The standard InChI is InChI=1S/C35H39F3N6O4/c1-21(41-30(45)28-15-39-16-29(42-28)43-17-34(18-43)19-44(20-34)31(46)24-9-10-24)22-5-7-23(8-6-22)27-13-26(35(36,37)38)12-11-25(27)14-40-32(47)48-33(2,3)4/h5-8,11-13,15-16,21,24H,9-10,14,17-20H2,1-4H3,(H,40,47)(H,41,45)/t21-/m1/s1. The Hall–Kier alpha value is -4.68. The molecule has 1 spiro atoms. The number of nitrogens with one attached hydrogen (secondary N) is 2. The fourth-order valence-corrected chi connectivity index (χ4v) is 6.21. The van der Waals surface area contributed by atoms with Crippen LogP contribution >= 0.6 is 0 Å². The molecule has 48 heavy (non-hydrogen) atoms. The van der Waals surface area contributed by atoms with Gasteiger partial charge in [-0.2, -0.15) is 13.2 Å². The van der Waals surface area contributed by atoms with E-state index >= 15 is 0 Å². The SMILES string of the molecule is C[C@@H](NC(=O)c1cncc(N2CC3(CN(C(=O)C4CC4)C3)C2)n1)c1ccc(-c2cc(C(F)(F)F)ccc2CNC(=O)OC(C)(C)C)cc1. The average molecular weight is 665 g/mol. The molecule has 1 atom stereocenters. The molecule has 2 N–H and O–H groups in total. The van der Waals surface area contributed by atoms with Crippen LogP contribution in [0.4, 0.5) is 23.8 Å². The number of ether oxygens (including phenoxy) is 1. The highest BCUT2D eigenvalue weighted by Gasteiger charge is 2.55. The van der Waals surface area contributed by atoms with E-state index in [-0.39, 0.29) is 29.5 Å². The Morgan fingerprint density at radius 3 is 2.31 bits per heavy atom. The van der Waals surface area contributed by atoms with Gasteiger partial charge in [-0.05, 0) is 74.9 Å². The van der Waals surface area contributed by atoms with Crippen molar-refractivity contribution in [2.45, 2.75) is 64.9 Å². The average Bonchev–Trinajstić information content (AvgIpc) is 3.83. The summed E-state index contributed by atoms with van der Waals surface area (Å²) in [4.78, 5) is 50.4. The van der Waals surface area contributed by atoms with E-state index in [2.05, 4.69) is 25.5 Å². The molecule has 3 amide bonds. The molecule has 2 aromatic carbocycles. The zero-order chi connectivity index (χ0) is 34.4. The Morgan fingerprint density at radius 1 is 1.00 bits per heavy atom. The Labute approximate surface area is 277 Å². The molecular weight excluding hydrogens is 625 g/mol. The number of alkyl carbamates (subject to hydrolysis) is 1. The number of aromatic nitrogens is 2. The lowest BCUT2D eigenvalue weighted by atomic mass is 9.72. The number of hydrogen-bond donors (Lipinski definition) is 2. The largest absolute Gasteiger partial charge is 0.444 e. The normalized spacial score (nSPS) is 17.6. The van der Waals surface area contributed by atoms with Gasteiger partial charge in [0.05, 0.1) is 24.0 Å². The number of anilines is 1. The Bertz CT molecular complexity index is 1700. The zero-order valence-electron chi connectivity index (χ0n) is 27.4. The van der Waals surface area contributed by atoms with Crippen LogP contribution in [-0.4, -0.2) is 64.6 Å². The van der Waals surface area contributed by atoms with Crippen molar-refractivity contribution in [3.63, 3.8) is 0 Å². The first-order chi connectivity index (χ1) is 22.6. The monoisotopic (exact) mass is 664 g/mol. The number of hydrogen-bond acceptors (Lipinski definition) is 7. The van der Waals surface area contributed by atoms with Gasteiger partial charge < -0.3 is 25.2 Å². The summed E-state index contributed by atoms with van der Waals surface area (Å²) in [6.07, 6.45) is -0.188. The van der Waals surface area contributed by atoms with Crippen LogP contribution in [0.25, 0.3) is 11.1 Å². The summed E-state index contributed by atoms with van der Waals surface area (Å²) in [6.45, 7) is 9.97. The van der Waals surface area contributed by atoms with Crippen LogP contribution in [0.2, 0.25) is 0 Å².